The number of carbonyl (C=O) groups is 1. The Morgan fingerprint density at radius 2 is 2.30 bits per heavy atom. The van der Waals surface area contributed by atoms with Gasteiger partial charge in [-0.2, -0.15) is 0 Å². The Bertz CT molecular complexity index is 638. The number of aromatic nitrogens is 4. The molecule has 122 valence electrons. The van der Waals surface area contributed by atoms with E-state index in [4.69, 9.17) is 4.74 Å². The van der Waals surface area contributed by atoms with Gasteiger partial charge in [-0.15, -0.1) is 5.10 Å². The lowest BCUT2D eigenvalue weighted by Gasteiger charge is -2.25. The summed E-state index contributed by atoms with van der Waals surface area (Å²) in [7, 11) is 1.75. The van der Waals surface area contributed by atoms with Crippen LogP contribution in [0.2, 0.25) is 0 Å². The van der Waals surface area contributed by atoms with E-state index in [2.05, 4.69) is 20.6 Å². The average Bonchev–Trinajstić information content (AvgIpc) is 3.19. The molecule has 0 aromatic carbocycles. The molecule has 8 nitrogen and oxygen atoms in total. The van der Waals surface area contributed by atoms with Crippen LogP contribution in [0.1, 0.15) is 18.4 Å². The van der Waals surface area contributed by atoms with Gasteiger partial charge in [0.15, 0.2) is 5.82 Å². The van der Waals surface area contributed by atoms with Crippen molar-refractivity contribution in [2.24, 2.45) is 7.05 Å². The number of hydrogen-bond acceptors (Lipinski definition) is 5. The van der Waals surface area contributed by atoms with Crippen molar-refractivity contribution in [3.63, 3.8) is 0 Å². The van der Waals surface area contributed by atoms with Crippen LogP contribution < -0.4 is 5.32 Å². The van der Waals surface area contributed by atoms with Crippen molar-refractivity contribution in [2.45, 2.75) is 25.5 Å². The molecule has 1 fully saturated rings. The molecule has 8 heteroatoms. The summed E-state index contributed by atoms with van der Waals surface area (Å²) in [6.07, 6.45) is 7.21. The summed E-state index contributed by atoms with van der Waals surface area (Å²) in [5, 5.41) is 10.5. The third-order valence-corrected chi connectivity index (χ3v) is 3.70. The van der Waals surface area contributed by atoms with Crippen LogP contribution in [0.5, 0.6) is 0 Å². The van der Waals surface area contributed by atoms with Crippen molar-refractivity contribution in [1.82, 2.24) is 24.9 Å². The highest BCUT2D eigenvalue weighted by atomic mass is 16.5. The molecule has 1 aliphatic rings. The van der Waals surface area contributed by atoms with Crippen LogP contribution in [0.25, 0.3) is 0 Å². The van der Waals surface area contributed by atoms with Crippen molar-refractivity contribution in [3.05, 3.63) is 36.3 Å². The number of hydrogen-bond donors (Lipinski definition) is 1. The van der Waals surface area contributed by atoms with E-state index >= 15 is 0 Å². The second-order valence-corrected chi connectivity index (χ2v) is 5.58. The van der Waals surface area contributed by atoms with Crippen molar-refractivity contribution in [1.29, 1.82) is 0 Å². The Balaban J connectivity index is 1.68. The molecule has 0 spiro atoms. The predicted molar refractivity (Wildman–Crippen MR) is 83.6 cm³/mol. The molecule has 1 saturated heterocycles. The number of nitrogens with zero attached hydrogens (tertiary/aromatic N) is 5. The molecule has 1 atom stereocenters. The molecule has 0 bridgehead atoms. The molecule has 0 aliphatic carbocycles. The highest BCUT2D eigenvalue weighted by Gasteiger charge is 2.23. The molecule has 2 aromatic rings. The van der Waals surface area contributed by atoms with E-state index in [-0.39, 0.29) is 12.1 Å². The third kappa shape index (κ3) is 4.26. The molecule has 23 heavy (non-hydrogen) atoms. The van der Waals surface area contributed by atoms with Gasteiger partial charge in [-0.3, -0.25) is 15.0 Å². The van der Waals surface area contributed by atoms with Gasteiger partial charge < -0.3 is 9.64 Å². The van der Waals surface area contributed by atoms with Crippen LogP contribution in [0.15, 0.2) is 30.7 Å². The van der Waals surface area contributed by atoms with E-state index in [1.54, 1.807) is 35.2 Å². The number of carbonyl (C=O) groups excluding carboxylic acids is 1. The first-order valence-corrected chi connectivity index (χ1v) is 7.63. The van der Waals surface area contributed by atoms with Crippen LogP contribution >= 0.6 is 0 Å². The van der Waals surface area contributed by atoms with E-state index < -0.39 is 0 Å². The molecule has 3 rings (SSSR count). The monoisotopic (exact) mass is 316 g/mol. The molecular formula is C15H20N6O2. The quantitative estimate of drug-likeness (QED) is 0.902. The Hall–Kier alpha value is -2.48. The van der Waals surface area contributed by atoms with E-state index in [1.165, 1.54) is 0 Å². The van der Waals surface area contributed by atoms with Crippen LogP contribution in [-0.2, 0) is 18.3 Å². The first-order chi connectivity index (χ1) is 11.2. The molecule has 2 aromatic heterocycles. The number of rotatable bonds is 5. The lowest BCUT2D eigenvalue weighted by molar-refractivity contribution is 0.0819. The maximum Gasteiger partial charge on any atom is 0.323 e. The summed E-state index contributed by atoms with van der Waals surface area (Å²) in [5.74, 6) is 0.435. The van der Waals surface area contributed by atoms with Gasteiger partial charge in [-0.25, -0.2) is 4.79 Å². The topological polar surface area (TPSA) is 85.2 Å². The van der Waals surface area contributed by atoms with Gasteiger partial charge in [-0.1, -0.05) is 5.21 Å². The first-order valence-electron chi connectivity index (χ1n) is 7.63. The molecule has 0 radical (unpaired) electrons. The van der Waals surface area contributed by atoms with Gasteiger partial charge in [0.05, 0.1) is 12.3 Å². The fourth-order valence-electron chi connectivity index (χ4n) is 2.56. The van der Waals surface area contributed by atoms with Crippen molar-refractivity contribution >= 4 is 11.8 Å². The maximum atomic E-state index is 12.6. The minimum atomic E-state index is -0.210. The Kier molecular flexibility index (Phi) is 4.82. The van der Waals surface area contributed by atoms with Gasteiger partial charge >= 0.3 is 6.03 Å². The molecule has 2 amide bonds. The van der Waals surface area contributed by atoms with Gasteiger partial charge in [0.1, 0.15) is 0 Å². The van der Waals surface area contributed by atoms with Crippen LogP contribution in [0.3, 0.4) is 0 Å². The van der Waals surface area contributed by atoms with Crippen LogP contribution in [0.4, 0.5) is 10.6 Å². The van der Waals surface area contributed by atoms with E-state index in [0.717, 1.165) is 25.0 Å². The summed E-state index contributed by atoms with van der Waals surface area (Å²) < 4.78 is 7.20. The summed E-state index contributed by atoms with van der Waals surface area (Å²) >= 11 is 0. The summed E-state index contributed by atoms with van der Waals surface area (Å²) in [4.78, 5) is 18.3. The average molecular weight is 316 g/mol. The maximum absolute atomic E-state index is 12.6. The predicted octanol–water partition coefficient (Wildman–Crippen LogP) is 1.42. The molecule has 1 aliphatic heterocycles. The zero-order valence-electron chi connectivity index (χ0n) is 13.1. The molecule has 1 N–H and O–H groups in total. The molecular weight excluding hydrogens is 296 g/mol. The number of pyridine rings is 1. The minimum absolute atomic E-state index is 0.0874. The van der Waals surface area contributed by atoms with Gasteiger partial charge in [-0.05, 0) is 30.5 Å². The third-order valence-electron chi connectivity index (χ3n) is 3.70. The standard InChI is InChI=1S/C15H20N6O2/c1-20-11-14(18-19-20)17-15(22)21(10-13-3-2-8-23-13)9-12-4-6-16-7-5-12/h4-7,11,13H,2-3,8-10H2,1H3,(H,17,22)/t13-/m1/s1. The Morgan fingerprint density at radius 1 is 1.48 bits per heavy atom. The highest BCUT2D eigenvalue weighted by molar-refractivity contribution is 5.88. The fourth-order valence-corrected chi connectivity index (χ4v) is 2.56. The van der Waals surface area contributed by atoms with Gasteiger partial charge in [0.2, 0.25) is 0 Å². The number of aryl methyl sites for hydroxylation is 1. The number of amides is 2. The van der Waals surface area contributed by atoms with Crippen LogP contribution in [0, 0.1) is 0 Å². The lowest BCUT2D eigenvalue weighted by Crippen LogP contribution is -2.39. The highest BCUT2D eigenvalue weighted by Crippen LogP contribution is 2.16. The van der Waals surface area contributed by atoms with Crippen molar-refractivity contribution in [3.8, 4) is 0 Å². The van der Waals surface area contributed by atoms with E-state index in [1.807, 2.05) is 12.1 Å². The van der Waals surface area contributed by atoms with E-state index in [0.29, 0.717) is 18.9 Å². The number of ether oxygens (including phenoxy) is 1. The number of anilines is 1. The second kappa shape index (κ2) is 7.19. The Morgan fingerprint density at radius 3 is 2.96 bits per heavy atom. The second-order valence-electron chi connectivity index (χ2n) is 5.58. The molecule has 0 saturated carbocycles. The first kappa shape index (κ1) is 15.4. The van der Waals surface area contributed by atoms with Crippen molar-refractivity contribution < 1.29 is 9.53 Å². The summed E-state index contributed by atoms with van der Waals surface area (Å²) in [6.45, 7) is 1.81. The van der Waals surface area contributed by atoms with E-state index in [9.17, 15) is 4.79 Å². The largest absolute Gasteiger partial charge is 0.376 e. The Labute approximate surface area is 134 Å². The molecule has 0 unspecified atom stereocenters. The number of urea groups is 1. The van der Waals surface area contributed by atoms with Crippen LogP contribution in [-0.4, -0.2) is 50.2 Å². The zero-order chi connectivity index (χ0) is 16.1. The normalized spacial score (nSPS) is 17.2. The van der Waals surface area contributed by atoms with Crippen molar-refractivity contribution in [2.75, 3.05) is 18.5 Å². The zero-order valence-corrected chi connectivity index (χ0v) is 13.1. The summed E-state index contributed by atoms with van der Waals surface area (Å²) in [6, 6.07) is 3.59. The molecule has 3 heterocycles. The number of nitrogens with one attached hydrogen (secondary N) is 1. The smallest absolute Gasteiger partial charge is 0.323 e. The van der Waals surface area contributed by atoms with Gasteiger partial charge in [0.25, 0.3) is 0 Å². The summed E-state index contributed by atoms with van der Waals surface area (Å²) in [5.41, 5.74) is 1.02. The minimum Gasteiger partial charge on any atom is -0.376 e. The lowest BCUT2D eigenvalue weighted by atomic mass is 10.2. The van der Waals surface area contributed by atoms with Gasteiger partial charge in [0, 0.05) is 39.1 Å². The SMILES string of the molecule is Cn1cc(NC(=O)N(Cc2ccncc2)C[C@H]2CCCO2)nn1. The fraction of sp³-hybridized carbons (Fsp3) is 0.467.